The van der Waals surface area contributed by atoms with Crippen LogP contribution in [0.4, 0.5) is 0 Å². The molecule has 0 aliphatic rings. The molecule has 0 saturated carbocycles. The second-order valence-corrected chi connectivity index (χ2v) is 7.50. The van der Waals surface area contributed by atoms with E-state index in [-0.39, 0.29) is 64.4 Å². The summed E-state index contributed by atoms with van der Waals surface area (Å²) in [6, 6.07) is 39.7. The molecule has 0 heterocycles. The number of halogens is 3. The van der Waals surface area contributed by atoms with Crippen molar-refractivity contribution in [2.75, 3.05) is 0 Å². The minimum absolute atomic E-state index is 0. The summed E-state index contributed by atoms with van der Waals surface area (Å²) < 4.78 is 0. The molecule has 0 amide bonds. The van der Waals surface area contributed by atoms with Gasteiger partial charge >= 0.3 is 21.7 Å². The molecule has 32 heavy (non-hydrogen) atoms. The number of benzene rings is 3. The van der Waals surface area contributed by atoms with Crippen molar-refractivity contribution >= 4 is 0 Å². The monoisotopic (exact) mass is 516 g/mol. The van der Waals surface area contributed by atoms with E-state index in [0.29, 0.717) is 0 Å². The van der Waals surface area contributed by atoms with Gasteiger partial charge in [-0.1, -0.05) is 116 Å². The van der Waals surface area contributed by atoms with Crippen LogP contribution in [0.2, 0.25) is 0 Å². The normalized spacial score (nSPS) is 10.0. The molecule has 0 aliphatic heterocycles. The fourth-order valence-electron chi connectivity index (χ4n) is 4.34. The van der Waals surface area contributed by atoms with Gasteiger partial charge < -0.3 is 37.2 Å². The number of unbranched alkanes of at least 4 members (excludes halogenated alkanes) is 1. The molecule has 0 aliphatic carbocycles. The Bertz CT molecular complexity index is 959. The van der Waals surface area contributed by atoms with Crippen LogP contribution in [0.1, 0.15) is 42.9 Å². The van der Waals surface area contributed by atoms with Crippen molar-refractivity contribution in [3.05, 3.63) is 126 Å². The van der Waals surface area contributed by atoms with Crippen LogP contribution in [0, 0.1) is 0 Å². The minimum atomic E-state index is -0.119. The summed E-state index contributed by atoms with van der Waals surface area (Å²) in [4.78, 5) is 0. The first-order chi connectivity index (χ1) is 13.8. The van der Waals surface area contributed by atoms with E-state index in [4.69, 9.17) is 0 Å². The Kier molecular flexibility index (Phi) is 14.0. The van der Waals surface area contributed by atoms with Crippen LogP contribution in [0.15, 0.2) is 109 Å². The summed E-state index contributed by atoms with van der Waals surface area (Å²) in [6.07, 6.45) is 3.49. The molecule has 0 spiro atoms. The maximum Gasteiger partial charge on any atom is 4.00 e. The predicted molar refractivity (Wildman–Crippen MR) is 120 cm³/mol. The smallest absolute Gasteiger partial charge is 1.00 e. The van der Waals surface area contributed by atoms with Gasteiger partial charge in [0.1, 0.15) is 0 Å². The van der Waals surface area contributed by atoms with E-state index in [0.717, 1.165) is 6.42 Å². The van der Waals surface area contributed by atoms with E-state index in [1.54, 1.807) is 0 Å². The summed E-state index contributed by atoms with van der Waals surface area (Å²) in [5, 5.41) is 0. The van der Waals surface area contributed by atoms with E-state index in [2.05, 4.69) is 116 Å². The molecule has 0 nitrogen and oxygen atoms in total. The van der Waals surface area contributed by atoms with Crippen molar-refractivity contribution in [3.8, 4) is 11.1 Å². The van der Waals surface area contributed by atoms with E-state index in [1.165, 1.54) is 40.7 Å². The van der Waals surface area contributed by atoms with Crippen LogP contribution in [0.25, 0.3) is 11.1 Å². The molecule has 0 radical (unpaired) electrons. The Morgan fingerprint density at radius 3 is 1.56 bits per heavy atom. The summed E-state index contributed by atoms with van der Waals surface area (Å²) >= 11 is 0. The summed E-state index contributed by atoms with van der Waals surface area (Å²) in [6.45, 7) is 2.28. The fourth-order valence-corrected chi connectivity index (χ4v) is 4.34. The van der Waals surface area contributed by atoms with Gasteiger partial charge in [-0.15, -0.1) is 5.56 Å². The average molecular weight is 518 g/mol. The van der Waals surface area contributed by atoms with Gasteiger partial charge in [0.25, 0.3) is 0 Å². The fraction of sp³-hybridized carbons (Fsp3) is 0.179. The molecular weight excluding hydrogens is 491 g/mol. The van der Waals surface area contributed by atoms with Gasteiger partial charge in [0.2, 0.25) is 0 Å². The number of hydrogen-bond acceptors (Lipinski definition) is 0. The van der Waals surface area contributed by atoms with Crippen LogP contribution in [-0.4, -0.2) is 0 Å². The quantitative estimate of drug-likeness (QED) is 0.209. The van der Waals surface area contributed by atoms with Crippen LogP contribution >= 0.6 is 0 Å². The Morgan fingerprint density at radius 2 is 1.09 bits per heavy atom. The van der Waals surface area contributed by atoms with Crippen LogP contribution < -0.4 is 37.2 Å². The third kappa shape index (κ3) is 6.34. The maximum atomic E-state index is 2.39. The summed E-state index contributed by atoms with van der Waals surface area (Å²) in [7, 11) is 0. The summed E-state index contributed by atoms with van der Waals surface area (Å²) in [5.41, 5.74) is 6.59. The van der Waals surface area contributed by atoms with Gasteiger partial charge in [0, 0.05) is 5.41 Å². The van der Waals surface area contributed by atoms with Crippen molar-refractivity contribution < 1.29 is 58.9 Å². The van der Waals surface area contributed by atoms with Gasteiger partial charge in [-0.2, -0.15) is 17.7 Å². The molecule has 0 unspecified atom stereocenters. The second kappa shape index (κ2) is 14.7. The molecule has 0 N–H and O–H groups in total. The Balaban J connectivity index is 0.00000240. The van der Waals surface area contributed by atoms with Crippen LogP contribution in [0.5, 0.6) is 0 Å². The second-order valence-electron chi connectivity index (χ2n) is 7.50. The predicted octanol–water partition coefficient (Wildman–Crippen LogP) is -1.39. The number of rotatable bonds is 7. The molecule has 0 saturated heterocycles. The zero-order valence-corrected chi connectivity index (χ0v) is 22.0. The van der Waals surface area contributed by atoms with Gasteiger partial charge in [0.05, 0.1) is 0 Å². The molecule has 164 valence electrons. The number of hydrogen-bond donors (Lipinski definition) is 0. The van der Waals surface area contributed by atoms with Crippen molar-refractivity contribution in [2.24, 2.45) is 0 Å². The van der Waals surface area contributed by atoms with E-state index < -0.39 is 0 Å². The topological polar surface area (TPSA) is 0 Å². The Hall–Kier alpha value is -1.41. The average Bonchev–Trinajstić information content (AvgIpc) is 3.27. The molecule has 0 atom stereocenters. The van der Waals surface area contributed by atoms with Crippen molar-refractivity contribution in [1.29, 1.82) is 0 Å². The molecule has 4 rings (SSSR count). The molecule has 0 bridgehead atoms. The van der Waals surface area contributed by atoms with E-state index >= 15 is 0 Å². The van der Waals surface area contributed by atoms with E-state index in [9.17, 15) is 0 Å². The van der Waals surface area contributed by atoms with E-state index in [1.807, 2.05) is 0 Å². The van der Waals surface area contributed by atoms with Gasteiger partial charge in [-0.25, -0.2) is 6.07 Å². The third-order valence-electron chi connectivity index (χ3n) is 5.79. The Morgan fingerprint density at radius 1 is 0.625 bits per heavy atom. The SMILES string of the molecule is CCCCC(c1ccccc1)(c1ccccc1)[c-]1ccc(-c2ccccc2)c1.[Cl-].[Cl-].[Cl-].[Ti+4]. The van der Waals surface area contributed by atoms with Crippen molar-refractivity contribution in [1.82, 2.24) is 0 Å². The summed E-state index contributed by atoms with van der Waals surface area (Å²) in [5.74, 6) is 0. The van der Waals surface area contributed by atoms with Gasteiger partial charge in [-0.3, -0.25) is 0 Å². The third-order valence-corrected chi connectivity index (χ3v) is 5.79. The molecule has 4 heteroatoms. The zero-order valence-electron chi connectivity index (χ0n) is 18.1. The molecule has 0 aromatic heterocycles. The first-order valence-electron chi connectivity index (χ1n) is 10.3. The van der Waals surface area contributed by atoms with Gasteiger partial charge in [0.15, 0.2) is 0 Å². The van der Waals surface area contributed by atoms with Crippen LogP contribution in [0.3, 0.4) is 0 Å². The van der Waals surface area contributed by atoms with Crippen molar-refractivity contribution in [2.45, 2.75) is 31.6 Å². The first-order valence-corrected chi connectivity index (χ1v) is 10.3. The van der Waals surface area contributed by atoms with Gasteiger partial charge in [-0.05, 0) is 17.5 Å². The standard InChI is InChI=1S/C28H27.3ClH.Ti/c1-2-3-21-28(25-15-9-5-10-16-25,26-17-11-6-12-18-26)27-20-19-24(22-27)23-13-7-4-8-14-23;;;;/h4-20,22H,2-3,21H2,1H3;3*1H;/q-1;;;;+4/p-3. The first kappa shape index (κ1) is 30.6. The molecule has 0 fully saturated rings. The largest absolute Gasteiger partial charge is 4.00 e. The molecule has 4 aromatic carbocycles. The maximum absolute atomic E-state index is 2.39. The van der Waals surface area contributed by atoms with Crippen LogP contribution in [-0.2, 0) is 27.1 Å². The molecule has 4 aromatic rings. The molecular formula is C28H27Cl3Ti. The van der Waals surface area contributed by atoms with Crippen molar-refractivity contribution in [3.63, 3.8) is 0 Å². The zero-order chi connectivity index (χ0) is 19.2. The Labute approximate surface area is 226 Å². The minimum Gasteiger partial charge on any atom is -1.00 e.